The number of aromatic nitrogens is 2. The van der Waals surface area contributed by atoms with Gasteiger partial charge in [0.1, 0.15) is 0 Å². The molecule has 2 rings (SSSR count). The highest BCUT2D eigenvalue weighted by molar-refractivity contribution is 5.89. The molecule has 1 heterocycles. The van der Waals surface area contributed by atoms with Gasteiger partial charge in [-0.25, -0.2) is 9.97 Å². The lowest BCUT2D eigenvalue weighted by atomic mass is 9.95. The maximum Gasteiger partial charge on any atom is 0.396 e. The standard InChI is InChI=1S/C15H14F3N3O/c1-10-7-8-19-14(20-10)21-13(22)9-12(15(16,17)18)11-5-3-2-4-6-11/h2-8,12H,9H2,1H3,(H,19,20,21,22)/t12-/m0/s1. The van der Waals surface area contributed by atoms with Crippen LogP contribution in [0.2, 0.25) is 0 Å². The Morgan fingerprint density at radius 1 is 1.23 bits per heavy atom. The summed E-state index contributed by atoms with van der Waals surface area (Å²) in [6, 6.07) is 8.98. The van der Waals surface area contributed by atoms with Crippen molar-refractivity contribution in [2.45, 2.75) is 25.4 Å². The number of rotatable bonds is 4. The smallest absolute Gasteiger partial charge is 0.294 e. The highest BCUT2D eigenvalue weighted by atomic mass is 19.4. The van der Waals surface area contributed by atoms with E-state index in [9.17, 15) is 18.0 Å². The molecule has 1 aromatic carbocycles. The molecular weight excluding hydrogens is 295 g/mol. The van der Waals surface area contributed by atoms with Gasteiger partial charge < -0.3 is 0 Å². The van der Waals surface area contributed by atoms with Crippen LogP contribution in [0.3, 0.4) is 0 Å². The number of hydrogen-bond acceptors (Lipinski definition) is 3. The molecule has 2 aromatic rings. The van der Waals surface area contributed by atoms with Crippen molar-refractivity contribution in [3.63, 3.8) is 0 Å². The Morgan fingerprint density at radius 2 is 1.91 bits per heavy atom. The fourth-order valence-electron chi connectivity index (χ4n) is 1.98. The lowest BCUT2D eigenvalue weighted by Crippen LogP contribution is -2.26. The van der Waals surface area contributed by atoms with Crippen LogP contribution in [0.15, 0.2) is 42.6 Å². The number of anilines is 1. The van der Waals surface area contributed by atoms with Crippen molar-refractivity contribution in [1.29, 1.82) is 0 Å². The lowest BCUT2D eigenvalue weighted by molar-refractivity contribution is -0.156. The number of carbonyl (C=O) groups excluding carboxylic acids is 1. The molecule has 0 aliphatic heterocycles. The minimum atomic E-state index is -4.51. The molecule has 1 N–H and O–H groups in total. The Balaban J connectivity index is 2.12. The first kappa shape index (κ1) is 15.9. The molecule has 1 amide bonds. The van der Waals surface area contributed by atoms with E-state index in [1.807, 2.05) is 0 Å². The molecule has 0 bridgehead atoms. The number of alkyl halides is 3. The van der Waals surface area contributed by atoms with Gasteiger partial charge in [-0.05, 0) is 18.6 Å². The summed E-state index contributed by atoms with van der Waals surface area (Å²) in [5, 5.41) is 2.29. The van der Waals surface area contributed by atoms with Gasteiger partial charge in [-0.3, -0.25) is 10.1 Å². The zero-order chi connectivity index (χ0) is 16.2. The lowest BCUT2D eigenvalue weighted by Gasteiger charge is -2.20. The molecule has 1 aromatic heterocycles. The van der Waals surface area contributed by atoms with E-state index in [1.54, 1.807) is 19.1 Å². The Kier molecular flexibility index (Phi) is 4.75. The van der Waals surface area contributed by atoms with E-state index in [4.69, 9.17) is 0 Å². The van der Waals surface area contributed by atoms with Gasteiger partial charge in [-0.1, -0.05) is 30.3 Å². The fourth-order valence-corrected chi connectivity index (χ4v) is 1.98. The maximum atomic E-state index is 13.2. The quantitative estimate of drug-likeness (QED) is 0.941. The van der Waals surface area contributed by atoms with E-state index in [-0.39, 0.29) is 11.5 Å². The van der Waals surface area contributed by atoms with Crippen LogP contribution in [0.1, 0.15) is 23.6 Å². The first-order valence-electron chi connectivity index (χ1n) is 6.57. The second kappa shape index (κ2) is 6.55. The van der Waals surface area contributed by atoms with E-state index in [2.05, 4.69) is 15.3 Å². The molecule has 0 saturated heterocycles. The van der Waals surface area contributed by atoms with Crippen molar-refractivity contribution in [3.8, 4) is 0 Å². The van der Waals surface area contributed by atoms with Gasteiger partial charge in [0.25, 0.3) is 0 Å². The van der Waals surface area contributed by atoms with Gasteiger partial charge in [0.15, 0.2) is 0 Å². The summed E-state index contributed by atoms with van der Waals surface area (Å²) in [6.45, 7) is 1.69. The summed E-state index contributed by atoms with van der Waals surface area (Å²) in [4.78, 5) is 19.6. The Bertz CT molecular complexity index is 644. The van der Waals surface area contributed by atoms with Crippen molar-refractivity contribution in [2.75, 3.05) is 5.32 Å². The average molecular weight is 309 g/mol. The van der Waals surface area contributed by atoms with Crippen LogP contribution >= 0.6 is 0 Å². The second-order valence-corrected chi connectivity index (χ2v) is 4.78. The zero-order valence-electron chi connectivity index (χ0n) is 11.8. The molecule has 0 unspecified atom stereocenters. The van der Waals surface area contributed by atoms with Gasteiger partial charge in [-0.15, -0.1) is 0 Å². The molecule has 116 valence electrons. The van der Waals surface area contributed by atoms with Crippen LogP contribution in [0.25, 0.3) is 0 Å². The monoisotopic (exact) mass is 309 g/mol. The average Bonchev–Trinajstić information content (AvgIpc) is 2.44. The minimum absolute atomic E-state index is 0.000939. The molecule has 0 saturated carbocycles. The van der Waals surface area contributed by atoms with Gasteiger partial charge >= 0.3 is 6.18 Å². The molecule has 22 heavy (non-hydrogen) atoms. The zero-order valence-corrected chi connectivity index (χ0v) is 11.8. The molecule has 0 aliphatic rings. The molecule has 1 atom stereocenters. The molecule has 0 fully saturated rings. The number of aryl methyl sites for hydroxylation is 1. The van der Waals surface area contributed by atoms with Crippen LogP contribution in [0.5, 0.6) is 0 Å². The Hall–Kier alpha value is -2.44. The number of carbonyl (C=O) groups is 1. The van der Waals surface area contributed by atoms with Crippen LogP contribution in [0, 0.1) is 6.92 Å². The summed E-state index contributed by atoms with van der Waals surface area (Å²) in [7, 11) is 0. The van der Waals surface area contributed by atoms with Crippen LogP contribution < -0.4 is 5.32 Å². The van der Waals surface area contributed by atoms with E-state index in [0.717, 1.165) is 0 Å². The normalized spacial score (nSPS) is 12.7. The van der Waals surface area contributed by atoms with Gasteiger partial charge in [0, 0.05) is 18.3 Å². The highest BCUT2D eigenvalue weighted by Crippen LogP contribution is 2.37. The first-order valence-corrected chi connectivity index (χ1v) is 6.57. The van der Waals surface area contributed by atoms with Crippen LogP contribution in [-0.4, -0.2) is 22.1 Å². The van der Waals surface area contributed by atoms with Crippen molar-refractivity contribution < 1.29 is 18.0 Å². The van der Waals surface area contributed by atoms with E-state index in [0.29, 0.717) is 5.69 Å². The fraction of sp³-hybridized carbons (Fsp3) is 0.267. The number of nitrogens with one attached hydrogen (secondary N) is 1. The van der Waals surface area contributed by atoms with Gasteiger partial charge in [0.05, 0.1) is 5.92 Å². The van der Waals surface area contributed by atoms with E-state index >= 15 is 0 Å². The summed E-state index contributed by atoms with van der Waals surface area (Å²) in [5.41, 5.74) is 0.663. The second-order valence-electron chi connectivity index (χ2n) is 4.78. The van der Waals surface area contributed by atoms with Crippen molar-refractivity contribution >= 4 is 11.9 Å². The number of amides is 1. The Morgan fingerprint density at radius 3 is 2.50 bits per heavy atom. The molecule has 4 nitrogen and oxygen atoms in total. The number of nitrogens with zero attached hydrogens (tertiary/aromatic N) is 2. The topological polar surface area (TPSA) is 54.9 Å². The number of halogens is 3. The summed E-state index contributed by atoms with van der Waals surface area (Å²) < 4.78 is 39.5. The van der Waals surface area contributed by atoms with Crippen LogP contribution in [0.4, 0.5) is 19.1 Å². The Labute approximate surface area is 125 Å². The van der Waals surface area contributed by atoms with Gasteiger partial charge in [-0.2, -0.15) is 13.2 Å². The van der Waals surface area contributed by atoms with Crippen molar-refractivity contribution in [3.05, 3.63) is 53.9 Å². The summed E-state index contributed by atoms with van der Waals surface area (Å²) in [5.74, 6) is -2.64. The molecule has 0 spiro atoms. The van der Waals surface area contributed by atoms with E-state index in [1.165, 1.54) is 30.5 Å². The third-order valence-corrected chi connectivity index (χ3v) is 3.03. The number of benzene rings is 1. The van der Waals surface area contributed by atoms with Crippen molar-refractivity contribution in [2.24, 2.45) is 0 Å². The van der Waals surface area contributed by atoms with Crippen molar-refractivity contribution in [1.82, 2.24) is 9.97 Å². The van der Waals surface area contributed by atoms with Crippen LogP contribution in [-0.2, 0) is 4.79 Å². The predicted octanol–water partition coefficient (Wildman–Crippen LogP) is 3.46. The molecule has 7 heteroatoms. The number of hydrogen-bond donors (Lipinski definition) is 1. The summed E-state index contributed by atoms with van der Waals surface area (Å²) in [6.07, 6.45) is -3.80. The maximum absolute atomic E-state index is 13.2. The SMILES string of the molecule is Cc1ccnc(NC(=O)C[C@@H](c2ccccc2)C(F)(F)F)n1. The first-order chi connectivity index (χ1) is 10.4. The highest BCUT2D eigenvalue weighted by Gasteiger charge is 2.41. The molecule has 0 radical (unpaired) electrons. The predicted molar refractivity (Wildman–Crippen MR) is 75.3 cm³/mol. The van der Waals surface area contributed by atoms with E-state index < -0.39 is 24.4 Å². The third-order valence-electron chi connectivity index (χ3n) is 3.03. The molecular formula is C15H14F3N3O. The third kappa shape index (κ3) is 4.28. The minimum Gasteiger partial charge on any atom is -0.294 e. The largest absolute Gasteiger partial charge is 0.396 e. The molecule has 0 aliphatic carbocycles. The summed E-state index contributed by atoms with van der Waals surface area (Å²) >= 11 is 0. The van der Waals surface area contributed by atoms with Gasteiger partial charge in [0.2, 0.25) is 11.9 Å².